The van der Waals surface area contributed by atoms with Crippen molar-refractivity contribution in [2.75, 3.05) is 0 Å². The number of fused-ring (bicyclic) bond motifs is 2. The molecule has 5 aromatic carbocycles. The first-order valence-electron chi connectivity index (χ1n) is 15.6. The Labute approximate surface area is 264 Å². The van der Waals surface area contributed by atoms with Crippen LogP contribution in [-0.2, 0) is 0 Å². The third-order valence-corrected chi connectivity index (χ3v) is 9.84. The number of aryl methyl sites for hydroxylation is 2. The summed E-state index contributed by atoms with van der Waals surface area (Å²) in [5.41, 5.74) is 15.1. The number of thiophene rings is 1. The highest BCUT2D eigenvalue weighted by Gasteiger charge is 2.24. The molecule has 7 aromatic rings. The summed E-state index contributed by atoms with van der Waals surface area (Å²) in [5, 5.41) is 3.55. The zero-order chi connectivity index (χ0) is 30.5. The summed E-state index contributed by atoms with van der Waals surface area (Å²) in [4.78, 5) is 5.34. The average Bonchev–Trinajstić information content (AvgIpc) is 3.61. The molecule has 0 aliphatic heterocycles. The minimum atomic E-state index is 0.333. The lowest BCUT2D eigenvalue weighted by Crippen LogP contribution is -2.09. The van der Waals surface area contributed by atoms with Crippen LogP contribution in [0.15, 0.2) is 109 Å². The first kappa shape index (κ1) is 28.3. The number of hydrogen-bond acceptors (Lipinski definition) is 2. The van der Waals surface area contributed by atoms with E-state index in [2.05, 4.69) is 155 Å². The molecule has 2 aromatic heterocycles. The van der Waals surface area contributed by atoms with Crippen molar-refractivity contribution in [3.63, 3.8) is 0 Å². The van der Waals surface area contributed by atoms with Gasteiger partial charge in [0.15, 0.2) is 0 Å². The van der Waals surface area contributed by atoms with Gasteiger partial charge in [0, 0.05) is 21.0 Å². The lowest BCUT2D eigenvalue weighted by Gasteiger charge is -2.24. The molecule has 0 fully saturated rings. The molecule has 0 spiro atoms. The molecule has 7 rings (SSSR count). The number of nitrogens with zero attached hydrogens (tertiary/aromatic N) is 2. The van der Waals surface area contributed by atoms with Gasteiger partial charge >= 0.3 is 0 Å². The van der Waals surface area contributed by atoms with Gasteiger partial charge in [-0.25, -0.2) is 4.98 Å². The van der Waals surface area contributed by atoms with Crippen LogP contribution in [0.1, 0.15) is 61.8 Å². The van der Waals surface area contributed by atoms with Crippen LogP contribution in [-0.4, -0.2) is 9.55 Å². The normalized spacial score (nSPS) is 11.8. The van der Waals surface area contributed by atoms with E-state index < -0.39 is 0 Å². The van der Waals surface area contributed by atoms with E-state index in [4.69, 9.17) is 4.98 Å². The van der Waals surface area contributed by atoms with Gasteiger partial charge in [-0.3, -0.25) is 4.57 Å². The van der Waals surface area contributed by atoms with Crippen LogP contribution >= 0.6 is 11.3 Å². The van der Waals surface area contributed by atoms with E-state index in [9.17, 15) is 0 Å². The van der Waals surface area contributed by atoms with Crippen molar-refractivity contribution in [3.05, 3.63) is 131 Å². The lowest BCUT2D eigenvalue weighted by atomic mass is 9.88. The summed E-state index contributed by atoms with van der Waals surface area (Å²) >= 11 is 1.81. The molecular weight excluding hydrogens is 553 g/mol. The van der Waals surface area contributed by atoms with Crippen molar-refractivity contribution in [1.29, 1.82) is 0 Å². The second kappa shape index (κ2) is 11.2. The van der Waals surface area contributed by atoms with Gasteiger partial charge in [0.05, 0.1) is 16.7 Å². The maximum Gasteiger partial charge on any atom is 0.147 e. The molecule has 0 amide bonds. The molecule has 2 nitrogen and oxygen atoms in total. The van der Waals surface area contributed by atoms with Gasteiger partial charge in [0.2, 0.25) is 0 Å². The summed E-state index contributed by atoms with van der Waals surface area (Å²) in [6.07, 6.45) is 0. The highest BCUT2D eigenvalue weighted by atomic mass is 32.1. The van der Waals surface area contributed by atoms with Crippen LogP contribution in [0.4, 0.5) is 0 Å². The molecular formula is C41H38N2S. The molecule has 0 saturated carbocycles. The Hall–Kier alpha value is -4.47. The SMILES string of the molecule is Cc1cccc(C)c1-c1ccc2c(-c3nc4ccccc4n3-c3c(C(C)C)cc(-c4ccccc4)cc3C(C)C)csc2c1. The minimum Gasteiger partial charge on any atom is -0.292 e. The molecule has 0 aliphatic rings. The van der Waals surface area contributed by atoms with Gasteiger partial charge in [-0.15, -0.1) is 11.3 Å². The van der Waals surface area contributed by atoms with Crippen LogP contribution in [0.3, 0.4) is 0 Å². The molecule has 0 N–H and O–H groups in total. The van der Waals surface area contributed by atoms with Gasteiger partial charge in [0.1, 0.15) is 5.82 Å². The van der Waals surface area contributed by atoms with E-state index in [-0.39, 0.29) is 0 Å². The van der Waals surface area contributed by atoms with Crippen molar-refractivity contribution in [2.45, 2.75) is 53.4 Å². The third-order valence-electron chi connectivity index (χ3n) is 8.89. The lowest BCUT2D eigenvalue weighted by molar-refractivity contribution is 0.812. The largest absolute Gasteiger partial charge is 0.292 e. The van der Waals surface area contributed by atoms with Crippen molar-refractivity contribution in [2.24, 2.45) is 0 Å². The Kier molecular flexibility index (Phi) is 7.22. The third kappa shape index (κ3) is 4.76. The zero-order valence-corrected chi connectivity index (χ0v) is 27.2. The van der Waals surface area contributed by atoms with Crippen LogP contribution < -0.4 is 0 Å². The number of rotatable bonds is 6. The smallest absolute Gasteiger partial charge is 0.147 e. The van der Waals surface area contributed by atoms with Gasteiger partial charge in [0.25, 0.3) is 0 Å². The predicted octanol–water partition coefficient (Wildman–Crippen LogP) is 12.1. The van der Waals surface area contributed by atoms with Gasteiger partial charge < -0.3 is 0 Å². The van der Waals surface area contributed by atoms with E-state index in [0.29, 0.717) is 11.8 Å². The van der Waals surface area contributed by atoms with Crippen LogP contribution in [0.5, 0.6) is 0 Å². The highest BCUT2D eigenvalue weighted by molar-refractivity contribution is 7.17. The van der Waals surface area contributed by atoms with Crippen LogP contribution in [0, 0.1) is 13.8 Å². The zero-order valence-electron chi connectivity index (χ0n) is 26.3. The fraction of sp³-hybridized carbons (Fsp3) is 0.195. The van der Waals surface area contributed by atoms with Crippen molar-refractivity contribution in [3.8, 4) is 39.3 Å². The molecule has 0 unspecified atom stereocenters. The Balaban J connectivity index is 1.49. The molecule has 3 heteroatoms. The molecule has 0 bridgehead atoms. The van der Waals surface area contributed by atoms with Crippen LogP contribution in [0.25, 0.3) is 60.4 Å². The topological polar surface area (TPSA) is 17.8 Å². The van der Waals surface area contributed by atoms with E-state index in [1.54, 1.807) is 0 Å². The maximum absolute atomic E-state index is 5.34. The monoisotopic (exact) mass is 590 g/mol. The molecule has 0 saturated heterocycles. The predicted molar refractivity (Wildman–Crippen MR) is 190 cm³/mol. The second-order valence-corrected chi connectivity index (χ2v) is 13.5. The van der Waals surface area contributed by atoms with Gasteiger partial charge in [-0.05, 0) is 101 Å². The first-order chi connectivity index (χ1) is 21.3. The van der Waals surface area contributed by atoms with Gasteiger partial charge in [-0.2, -0.15) is 0 Å². The molecule has 2 heterocycles. The molecule has 0 aliphatic carbocycles. The highest BCUT2D eigenvalue weighted by Crippen LogP contribution is 2.43. The Morgan fingerprint density at radius 1 is 0.636 bits per heavy atom. The number of hydrogen-bond donors (Lipinski definition) is 0. The summed E-state index contributed by atoms with van der Waals surface area (Å²) < 4.78 is 3.74. The number of imidazole rings is 1. The van der Waals surface area contributed by atoms with Crippen molar-refractivity contribution in [1.82, 2.24) is 9.55 Å². The Morgan fingerprint density at radius 2 is 1.30 bits per heavy atom. The van der Waals surface area contributed by atoms with E-state index >= 15 is 0 Å². The van der Waals surface area contributed by atoms with E-state index in [1.165, 1.54) is 65.8 Å². The fourth-order valence-corrected chi connectivity index (χ4v) is 7.65. The van der Waals surface area contributed by atoms with Crippen molar-refractivity contribution < 1.29 is 0 Å². The van der Waals surface area contributed by atoms with Gasteiger partial charge in [-0.1, -0.05) is 100 Å². The molecule has 218 valence electrons. The minimum absolute atomic E-state index is 0.333. The number of para-hydroxylation sites is 2. The van der Waals surface area contributed by atoms with E-state index in [1.807, 2.05) is 11.3 Å². The van der Waals surface area contributed by atoms with Crippen molar-refractivity contribution >= 4 is 32.5 Å². The summed E-state index contributed by atoms with van der Waals surface area (Å²) in [6.45, 7) is 13.7. The fourth-order valence-electron chi connectivity index (χ4n) is 6.68. The number of aromatic nitrogens is 2. The first-order valence-corrected chi connectivity index (χ1v) is 16.5. The number of benzene rings is 5. The Bertz CT molecular complexity index is 2090. The standard InChI is InChI=1S/C41H38N2S/c1-25(2)33-21-31(29-15-8-7-9-16-29)22-34(26(3)4)40(33)43-37-18-11-10-17-36(37)42-41(43)35-24-44-38-23-30(19-20-32(35)38)39-27(5)13-12-14-28(39)6/h7-26H,1-6H3. The molecule has 44 heavy (non-hydrogen) atoms. The summed E-state index contributed by atoms with van der Waals surface area (Å²) in [7, 11) is 0. The average molecular weight is 591 g/mol. The molecule has 0 atom stereocenters. The Morgan fingerprint density at radius 3 is 1.98 bits per heavy atom. The second-order valence-electron chi connectivity index (χ2n) is 12.6. The van der Waals surface area contributed by atoms with Crippen LogP contribution in [0.2, 0.25) is 0 Å². The summed E-state index contributed by atoms with van der Waals surface area (Å²) in [5.74, 6) is 1.67. The summed E-state index contributed by atoms with van der Waals surface area (Å²) in [6, 6.07) is 37.7. The quantitative estimate of drug-likeness (QED) is 0.188. The molecule has 0 radical (unpaired) electrons. The van der Waals surface area contributed by atoms with E-state index in [0.717, 1.165) is 16.9 Å². The maximum atomic E-state index is 5.34.